The molecule has 0 spiro atoms. The highest BCUT2D eigenvalue weighted by Crippen LogP contribution is 2.31. The van der Waals surface area contributed by atoms with E-state index in [1.54, 1.807) is 4.90 Å². The third-order valence-electron chi connectivity index (χ3n) is 3.32. The predicted octanol–water partition coefficient (Wildman–Crippen LogP) is 3.31. The third-order valence-corrected chi connectivity index (χ3v) is 3.32. The number of rotatable bonds is 1. The van der Waals surface area contributed by atoms with E-state index in [0.29, 0.717) is 13.1 Å². The van der Waals surface area contributed by atoms with Gasteiger partial charge in [0, 0.05) is 24.2 Å². The van der Waals surface area contributed by atoms with Gasteiger partial charge in [0.2, 0.25) is 0 Å². The van der Waals surface area contributed by atoms with Gasteiger partial charge in [-0.15, -0.1) is 6.42 Å². The van der Waals surface area contributed by atoms with Crippen LogP contribution in [0, 0.1) is 12.3 Å². The molecule has 1 aliphatic heterocycles. The molecule has 20 heavy (non-hydrogen) atoms. The Hall–Kier alpha value is -1.96. The number of nitrogens with zero attached hydrogens (tertiary/aromatic N) is 1. The van der Waals surface area contributed by atoms with Gasteiger partial charge in [0.25, 0.3) is 5.91 Å². The van der Waals surface area contributed by atoms with Gasteiger partial charge in [-0.05, 0) is 37.5 Å². The molecule has 0 aromatic heterocycles. The number of carbonyl (C=O) groups is 1. The van der Waals surface area contributed by atoms with Crippen molar-refractivity contribution in [1.82, 2.24) is 4.90 Å². The second-order valence-electron chi connectivity index (χ2n) is 4.79. The second kappa shape index (κ2) is 5.58. The molecule has 5 heteroatoms. The van der Waals surface area contributed by atoms with Crippen molar-refractivity contribution in [3.8, 4) is 12.3 Å². The van der Waals surface area contributed by atoms with Crippen molar-refractivity contribution in [2.75, 3.05) is 13.1 Å². The van der Waals surface area contributed by atoms with Gasteiger partial charge in [-0.2, -0.15) is 13.2 Å². The van der Waals surface area contributed by atoms with Crippen molar-refractivity contribution in [3.63, 3.8) is 0 Å². The minimum absolute atomic E-state index is 0.00896. The Morgan fingerprint density at radius 1 is 1.15 bits per heavy atom. The van der Waals surface area contributed by atoms with E-state index in [0.717, 1.165) is 31.4 Å². The van der Waals surface area contributed by atoms with Crippen LogP contribution in [0.1, 0.15) is 40.7 Å². The Morgan fingerprint density at radius 3 is 2.35 bits per heavy atom. The van der Waals surface area contributed by atoms with E-state index in [9.17, 15) is 18.0 Å². The van der Waals surface area contributed by atoms with Crippen molar-refractivity contribution in [2.24, 2.45) is 0 Å². The summed E-state index contributed by atoms with van der Waals surface area (Å²) in [5, 5.41) is 0. The molecule has 1 aromatic rings. The molecule has 1 aromatic carbocycles. The molecule has 0 unspecified atom stereocenters. The lowest BCUT2D eigenvalue weighted by Gasteiger charge is -2.27. The number of likely N-dealkylation sites (tertiary alicyclic amines) is 1. The van der Waals surface area contributed by atoms with Gasteiger partial charge in [0.1, 0.15) is 0 Å². The minimum Gasteiger partial charge on any atom is -0.339 e. The zero-order chi connectivity index (χ0) is 14.8. The van der Waals surface area contributed by atoms with Crippen LogP contribution in [0.2, 0.25) is 0 Å². The molecule has 1 amide bonds. The topological polar surface area (TPSA) is 20.3 Å². The molecule has 0 atom stereocenters. The molecule has 1 aliphatic rings. The number of hydrogen-bond acceptors (Lipinski definition) is 1. The molecule has 1 fully saturated rings. The van der Waals surface area contributed by atoms with Crippen molar-refractivity contribution < 1.29 is 18.0 Å². The monoisotopic (exact) mass is 281 g/mol. The Balaban J connectivity index is 2.35. The summed E-state index contributed by atoms with van der Waals surface area (Å²) in [6.45, 7) is 1.17. The fraction of sp³-hybridized carbons (Fsp3) is 0.400. The lowest BCUT2D eigenvalue weighted by Crippen LogP contribution is -2.35. The molecule has 1 saturated heterocycles. The largest absolute Gasteiger partial charge is 0.416 e. The highest BCUT2D eigenvalue weighted by molar-refractivity contribution is 5.95. The number of carbonyl (C=O) groups excluding carboxylic acids is 1. The maximum Gasteiger partial charge on any atom is 0.416 e. The number of piperidine rings is 1. The first kappa shape index (κ1) is 14.4. The molecular formula is C15H14F3NO. The van der Waals surface area contributed by atoms with Crippen LogP contribution in [-0.2, 0) is 6.18 Å². The molecule has 0 radical (unpaired) electrons. The summed E-state index contributed by atoms with van der Waals surface area (Å²) in [7, 11) is 0. The molecule has 106 valence electrons. The second-order valence-corrected chi connectivity index (χ2v) is 4.79. The summed E-state index contributed by atoms with van der Waals surface area (Å²) in [4.78, 5) is 13.8. The van der Waals surface area contributed by atoms with Crippen LogP contribution in [0.15, 0.2) is 18.2 Å². The zero-order valence-electron chi connectivity index (χ0n) is 10.8. The van der Waals surface area contributed by atoms with Crippen molar-refractivity contribution in [3.05, 3.63) is 34.9 Å². The fourth-order valence-corrected chi connectivity index (χ4v) is 2.28. The Morgan fingerprint density at radius 2 is 1.80 bits per heavy atom. The number of halogens is 3. The highest BCUT2D eigenvalue weighted by Gasteiger charge is 2.32. The SMILES string of the molecule is C#Cc1cc(C(=O)N2CCCCC2)cc(C(F)(F)F)c1. The van der Waals surface area contributed by atoms with Gasteiger partial charge < -0.3 is 4.90 Å². The van der Waals surface area contributed by atoms with Gasteiger partial charge in [-0.25, -0.2) is 0 Å². The molecular weight excluding hydrogens is 267 g/mol. The molecule has 2 nitrogen and oxygen atoms in total. The number of terminal acetylenes is 1. The van der Waals surface area contributed by atoms with Crippen molar-refractivity contribution in [2.45, 2.75) is 25.4 Å². The van der Waals surface area contributed by atoms with Crippen LogP contribution < -0.4 is 0 Å². The van der Waals surface area contributed by atoms with Gasteiger partial charge in [-0.1, -0.05) is 5.92 Å². The smallest absolute Gasteiger partial charge is 0.339 e. The summed E-state index contributed by atoms with van der Waals surface area (Å²) in [6, 6.07) is 3.09. The quantitative estimate of drug-likeness (QED) is 0.723. The minimum atomic E-state index is -4.51. The third kappa shape index (κ3) is 3.13. The summed E-state index contributed by atoms with van der Waals surface area (Å²) >= 11 is 0. The fourth-order valence-electron chi connectivity index (χ4n) is 2.28. The maximum atomic E-state index is 12.8. The lowest BCUT2D eigenvalue weighted by atomic mass is 10.0. The van der Waals surface area contributed by atoms with Crippen LogP contribution >= 0.6 is 0 Å². The van der Waals surface area contributed by atoms with E-state index in [4.69, 9.17) is 6.42 Å². The zero-order valence-corrected chi connectivity index (χ0v) is 10.8. The van der Waals surface area contributed by atoms with E-state index in [-0.39, 0.29) is 17.0 Å². The number of benzene rings is 1. The van der Waals surface area contributed by atoms with Gasteiger partial charge in [0.05, 0.1) is 5.56 Å². The first-order chi connectivity index (χ1) is 9.41. The average molecular weight is 281 g/mol. The standard InChI is InChI=1S/C15H14F3NO/c1-2-11-8-12(10-13(9-11)15(16,17)18)14(20)19-6-4-3-5-7-19/h1,8-10H,3-7H2. The summed E-state index contributed by atoms with van der Waals surface area (Å²) in [5.74, 6) is 1.78. The van der Waals surface area contributed by atoms with E-state index in [1.807, 2.05) is 0 Å². The summed E-state index contributed by atoms with van der Waals surface area (Å²) in [6.07, 6.45) is 3.46. The molecule has 2 rings (SSSR count). The Kier molecular flexibility index (Phi) is 4.03. The van der Waals surface area contributed by atoms with Crippen LogP contribution in [0.5, 0.6) is 0 Å². The van der Waals surface area contributed by atoms with Gasteiger partial charge in [-0.3, -0.25) is 4.79 Å². The first-order valence-corrected chi connectivity index (χ1v) is 6.40. The summed E-state index contributed by atoms with van der Waals surface area (Å²) < 4.78 is 38.4. The maximum absolute atomic E-state index is 12.8. The van der Waals surface area contributed by atoms with E-state index in [1.165, 1.54) is 6.07 Å². The van der Waals surface area contributed by atoms with Crippen LogP contribution in [0.3, 0.4) is 0 Å². The molecule has 0 aliphatic carbocycles. The van der Waals surface area contributed by atoms with E-state index < -0.39 is 11.7 Å². The highest BCUT2D eigenvalue weighted by atomic mass is 19.4. The van der Waals surface area contributed by atoms with E-state index in [2.05, 4.69) is 5.92 Å². The average Bonchev–Trinajstić information content (AvgIpc) is 2.46. The normalized spacial score (nSPS) is 15.8. The number of hydrogen-bond donors (Lipinski definition) is 0. The molecule has 0 saturated carbocycles. The van der Waals surface area contributed by atoms with Crippen LogP contribution in [-0.4, -0.2) is 23.9 Å². The number of amides is 1. The van der Waals surface area contributed by atoms with Crippen molar-refractivity contribution in [1.29, 1.82) is 0 Å². The number of alkyl halides is 3. The molecule has 1 heterocycles. The Bertz CT molecular complexity index is 551. The van der Waals surface area contributed by atoms with Crippen LogP contribution in [0.25, 0.3) is 0 Å². The lowest BCUT2D eigenvalue weighted by molar-refractivity contribution is -0.137. The summed E-state index contributed by atoms with van der Waals surface area (Å²) in [5.41, 5.74) is -0.803. The predicted molar refractivity (Wildman–Crippen MR) is 69.1 cm³/mol. The Labute approximate surface area is 115 Å². The first-order valence-electron chi connectivity index (χ1n) is 6.40. The van der Waals surface area contributed by atoms with Gasteiger partial charge in [0.15, 0.2) is 0 Å². The van der Waals surface area contributed by atoms with Crippen molar-refractivity contribution >= 4 is 5.91 Å². The van der Waals surface area contributed by atoms with Gasteiger partial charge >= 0.3 is 6.18 Å². The molecule has 0 N–H and O–H groups in total. The van der Waals surface area contributed by atoms with E-state index >= 15 is 0 Å². The van der Waals surface area contributed by atoms with Crippen LogP contribution in [0.4, 0.5) is 13.2 Å². The molecule has 0 bridgehead atoms.